The summed E-state index contributed by atoms with van der Waals surface area (Å²) in [5.41, 5.74) is 2.46. The molecule has 0 atom stereocenters. The Morgan fingerprint density at radius 2 is 1.62 bits per heavy atom. The Morgan fingerprint density at radius 1 is 1.12 bits per heavy atom. The molecule has 1 amide bonds. The third kappa shape index (κ3) is 12.4. The van der Waals surface area contributed by atoms with Crippen LogP contribution in [0.5, 0.6) is 0 Å². The molecular formula is C13H24N2O. The molecule has 0 unspecified atom stereocenters. The van der Waals surface area contributed by atoms with Gasteiger partial charge in [-0.25, -0.2) is 5.84 Å². The minimum absolute atomic E-state index is 0.354. The topological polar surface area (TPSA) is 55.1 Å². The molecule has 3 nitrogen and oxygen atoms in total. The second kappa shape index (κ2) is 19.0. The van der Waals surface area contributed by atoms with Gasteiger partial charge in [0.25, 0.3) is 5.91 Å². The molecule has 0 aliphatic rings. The summed E-state index contributed by atoms with van der Waals surface area (Å²) in [6, 6.07) is 0. The molecule has 0 radical (unpaired) electrons. The molecule has 3 heteroatoms. The van der Waals surface area contributed by atoms with E-state index in [1.54, 1.807) is 24.3 Å². The molecule has 0 bridgehead atoms. The molecule has 0 aliphatic heterocycles. The van der Waals surface area contributed by atoms with Crippen molar-refractivity contribution in [2.75, 3.05) is 0 Å². The van der Waals surface area contributed by atoms with E-state index in [2.05, 4.69) is 13.2 Å². The van der Waals surface area contributed by atoms with E-state index in [9.17, 15) is 4.79 Å². The van der Waals surface area contributed by atoms with E-state index in [-0.39, 0.29) is 5.91 Å². The summed E-state index contributed by atoms with van der Waals surface area (Å²) in [7, 11) is 0. The Balaban J connectivity index is -0.000000376. The van der Waals surface area contributed by atoms with Gasteiger partial charge in [0.2, 0.25) is 0 Å². The van der Waals surface area contributed by atoms with Crippen LogP contribution in [0.4, 0.5) is 0 Å². The predicted octanol–water partition coefficient (Wildman–Crippen LogP) is 2.88. The van der Waals surface area contributed by atoms with E-state index in [1.165, 1.54) is 6.08 Å². The first kappa shape index (κ1) is 19.9. The average molecular weight is 224 g/mol. The SMILES string of the molecule is C=C/C=C\C(=C/C=C)C(=O)NN.CC.CC. The highest BCUT2D eigenvalue weighted by molar-refractivity contribution is 5.96. The van der Waals surface area contributed by atoms with Gasteiger partial charge in [0.1, 0.15) is 0 Å². The predicted molar refractivity (Wildman–Crippen MR) is 72.6 cm³/mol. The lowest BCUT2D eigenvalue weighted by molar-refractivity contribution is -0.117. The van der Waals surface area contributed by atoms with E-state index in [4.69, 9.17) is 5.84 Å². The van der Waals surface area contributed by atoms with Crippen LogP contribution in [0.15, 0.2) is 49.1 Å². The van der Waals surface area contributed by atoms with Crippen LogP contribution in [0, 0.1) is 0 Å². The first-order valence-electron chi connectivity index (χ1n) is 5.39. The fraction of sp³-hybridized carbons (Fsp3) is 0.308. The summed E-state index contributed by atoms with van der Waals surface area (Å²) in [4.78, 5) is 11.0. The molecule has 3 N–H and O–H groups in total. The first-order chi connectivity index (χ1) is 7.76. The van der Waals surface area contributed by atoms with Crippen LogP contribution < -0.4 is 11.3 Å². The third-order valence-electron chi connectivity index (χ3n) is 1.10. The lowest BCUT2D eigenvalue weighted by Crippen LogP contribution is -2.30. The van der Waals surface area contributed by atoms with Crippen LogP contribution in [-0.2, 0) is 4.79 Å². The van der Waals surface area contributed by atoms with Crippen LogP contribution in [0.25, 0.3) is 0 Å². The van der Waals surface area contributed by atoms with Gasteiger partial charge in [-0.3, -0.25) is 10.2 Å². The zero-order valence-corrected chi connectivity index (χ0v) is 10.8. The normalized spacial score (nSPS) is 9.19. The van der Waals surface area contributed by atoms with Crippen molar-refractivity contribution >= 4 is 5.91 Å². The lowest BCUT2D eigenvalue weighted by atomic mass is 10.2. The zero-order valence-electron chi connectivity index (χ0n) is 10.8. The van der Waals surface area contributed by atoms with Crippen molar-refractivity contribution in [1.82, 2.24) is 5.43 Å². The van der Waals surface area contributed by atoms with Gasteiger partial charge in [0.15, 0.2) is 0 Å². The van der Waals surface area contributed by atoms with Crippen LogP contribution in [0.1, 0.15) is 27.7 Å². The van der Waals surface area contributed by atoms with Crippen molar-refractivity contribution in [2.24, 2.45) is 5.84 Å². The Bertz CT molecular complexity index is 240. The number of hydrogen-bond acceptors (Lipinski definition) is 2. The minimum Gasteiger partial charge on any atom is -0.290 e. The zero-order chi connectivity index (χ0) is 13.4. The fourth-order valence-electron chi connectivity index (χ4n) is 0.589. The Morgan fingerprint density at radius 3 is 1.94 bits per heavy atom. The maximum absolute atomic E-state index is 11.0. The highest BCUT2D eigenvalue weighted by atomic mass is 16.2. The number of carbonyl (C=O) groups excluding carboxylic acids is 1. The molecule has 0 aliphatic carbocycles. The highest BCUT2D eigenvalue weighted by Gasteiger charge is 2.00. The summed E-state index contributed by atoms with van der Waals surface area (Å²) in [5.74, 6) is 4.59. The summed E-state index contributed by atoms with van der Waals surface area (Å²) in [6.45, 7) is 14.9. The number of rotatable bonds is 4. The maximum Gasteiger partial charge on any atom is 0.265 e. The van der Waals surface area contributed by atoms with Crippen LogP contribution in [0.3, 0.4) is 0 Å². The number of allylic oxidation sites excluding steroid dienone is 4. The number of nitrogens with two attached hydrogens (primary N) is 1. The number of nitrogens with one attached hydrogen (secondary N) is 1. The number of carbonyl (C=O) groups is 1. The highest BCUT2D eigenvalue weighted by Crippen LogP contribution is 1.96. The summed E-state index contributed by atoms with van der Waals surface area (Å²) in [5, 5.41) is 0. The van der Waals surface area contributed by atoms with E-state index in [1.807, 2.05) is 33.1 Å². The van der Waals surface area contributed by atoms with Crippen molar-refractivity contribution in [3.8, 4) is 0 Å². The minimum atomic E-state index is -0.354. The number of hydrazine groups is 1. The average Bonchev–Trinajstić information content (AvgIpc) is 2.38. The standard InChI is InChI=1S/C9H12N2O.2C2H6/c1-3-5-7-8(6-4-2)9(12)11-10;2*1-2/h3-7H,1-2,10H2,(H,11,12);2*1-2H3/b7-5-,8-6+;;. The largest absolute Gasteiger partial charge is 0.290 e. The summed E-state index contributed by atoms with van der Waals surface area (Å²) in [6.07, 6.45) is 7.88. The maximum atomic E-state index is 11.0. The van der Waals surface area contributed by atoms with Gasteiger partial charge in [-0.2, -0.15) is 0 Å². The second-order valence-electron chi connectivity index (χ2n) is 1.93. The molecule has 0 spiro atoms. The van der Waals surface area contributed by atoms with Crippen molar-refractivity contribution < 1.29 is 4.79 Å². The van der Waals surface area contributed by atoms with Crippen molar-refractivity contribution in [1.29, 1.82) is 0 Å². The van der Waals surface area contributed by atoms with Gasteiger partial charge in [-0.1, -0.05) is 65.2 Å². The fourth-order valence-corrected chi connectivity index (χ4v) is 0.589. The Labute approximate surface area is 99.4 Å². The summed E-state index contributed by atoms with van der Waals surface area (Å²) >= 11 is 0. The quantitative estimate of drug-likeness (QED) is 0.254. The van der Waals surface area contributed by atoms with Crippen molar-refractivity contribution in [3.05, 3.63) is 49.1 Å². The Kier molecular flexibility index (Phi) is 23.7. The van der Waals surface area contributed by atoms with Crippen LogP contribution in [-0.4, -0.2) is 5.91 Å². The van der Waals surface area contributed by atoms with Crippen molar-refractivity contribution in [2.45, 2.75) is 27.7 Å². The number of amides is 1. The number of hydrogen-bond donors (Lipinski definition) is 2. The molecule has 0 aromatic heterocycles. The van der Waals surface area contributed by atoms with E-state index >= 15 is 0 Å². The van der Waals surface area contributed by atoms with E-state index < -0.39 is 0 Å². The monoisotopic (exact) mass is 224 g/mol. The van der Waals surface area contributed by atoms with Gasteiger partial charge in [-0.15, -0.1) is 0 Å². The lowest BCUT2D eigenvalue weighted by Gasteiger charge is -1.97. The van der Waals surface area contributed by atoms with Gasteiger partial charge in [-0.05, 0) is 6.08 Å². The molecule has 92 valence electrons. The molecule has 0 fully saturated rings. The molecule has 0 aromatic carbocycles. The third-order valence-corrected chi connectivity index (χ3v) is 1.10. The Hall–Kier alpha value is -1.61. The van der Waals surface area contributed by atoms with E-state index in [0.717, 1.165) is 0 Å². The van der Waals surface area contributed by atoms with Gasteiger partial charge < -0.3 is 0 Å². The smallest absolute Gasteiger partial charge is 0.265 e. The summed E-state index contributed by atoms with van der Waals surface area (Å²) < 4.78 is 0. The van der Waals surface area contributed by atoms with Gasteiger partial charge >= 0.3 is 0 Å². The molecule has 16 heavy (non-hydrogen) atoms. The second-order valence-corrected chi connectivity index (χ2v) is 1.93. The first-order valence-corrected chi connectivity index (χ1v) is 5.39. The van der Waals surface area contributed by atoms with Gasteiger partial charge in [0, 0.05) is 5.57 Å². The van der Waals surface area contributed by atoms with Crippen LogP contribution in [0.2, 0.25) is 0 Å². The molecule has 0 saturated heterocycles. The molecule has 0 saturated carbocycles. The van der Waals surface area contributed by atoms with Crippen molar-refractivity contribution in [3.63, 3.8) is 0 Å². The van der Waals surface area contributed by atoms with Crippen LogP contribution >= 0.6 is 0 Å². The van der Waals surface area contributed by atoms with Gasteiger partial charge in [0.05, 0.1) is 0 Å². The molecule has 0 rings (SSSR count). The molecule has 0 heterocycles. The van der Waals surface area contributed by atoms with E-state index in [0.29, 0.717) is 5.57 Å². The molecule has 0 aromatic rings. The molecular weight excluding hydrogens is 200 g/mol.